The zero-order valence-electron chi connectivity index (χ0n) is 11.4. The van der Waals surface area contributed by atoms with Gasteiger partial charge in [0.15, 0.2) is 0 Å². The number of aryl methyl sites for hydroxylation is 1. The Kier molecular flexibility index (Phi) is 4.24. The van der Waals surface area contributed by atoms with Crippen LogP contribution in [0.4, 0.5) is 0 Å². The number of likely N-dealkylation sites (tertiary alicyclic amines) is 1. The van der Waals surface area contributed by atoms with Gasteiger partial charge < -0.3 is 10.0 Å². The fourth-order valence-electron chi connectivity index (χ4n) is 2.47. The van der Waals surface area contributed by atoms with Gasteiger partial charge in [-0.3, -0.25) is 4.79 Å². The van der Waals surface area contributed by atoms with Gasteiger partial charge in [0, 0.05) is 18.2 Å². The van der Waals surface area contributed by atoms with Gasteiger partial charge >= 0.3 is 0 Å². The topological polar surface area (TPSA) is 40.5 Å². The highest BCUT2D eigenvalue weighted by atomic mass is 16.2. The molecule has 0 bridgehead atoms. The molecule has 100 valence electrons. The Morgan fingerprint density at radius 1 is 1.53 bits per heavy atom. The molecule has 1 atom stereocenters. The lowest BCUT2D eigenvalue weighted by Crippen LogP contribution is -2.34. The molecule has 1 aromatic rings. The molecule has 19 heavy (non-hydrogen) atoms. The van der Waals surface area contributed by atoms with E-state index in [1.807, 2.05) is 30.0 Å². The summed E-state index contributed by atoms with van der Waals surface area (Å²) in [6, 6.07) is 5.97. The number of carbonyl (C=O) groups excluding carboxylic acids is 1. The molecule has 1 amide bonds. The smallest absolute Gasteiger partial charge is 0.255 e. The SMILES string of the molecule is Cc1ccc(C#CCO)c(C(=O)N2CCCC2C)c1. The molecular formula is C16H19NO2. The highest BCUT2D eigenvalue weighted by molar-refractivity contribution is 5.97. The van der Waals surface area contributed by atoms with Gasteiger partial charge in [0.05, 0.1) is 5.56 Å². The fourth-order valence-corrected chi connectivity index (χ4v) is 2.47. The molecule has 3 nitrogen and oxygen atoms in total. The first-order valence-electron chi connectivity index (χ1n) is 6.65. The predicted molar refractivity (Wildman–Crippen MR) is 74.9 cm³/mol. The predicted octanol–water partition coefficient (Wildman–Crippen LogP) is 1.96. The van der Waals surface area contributed by atoms with Crippen molar-refractivity contribution >= 4 is 5.91 Å². The first kappa shape index (κ1) is 13.6. The third-order valence-electron chi connectivity index (χ3n) is 3.52. The standard InChI is InChI=1S/C16H19NO2/c1-12-7-8-14(6-4-10-18)15(11-12)16(19)17-9-3-5-13(17)2/h7-8,11,13,18H,3,5,9-10H2,1-2H3. The zero-order valence-corrected chi connectivity index (χ0v) is 11.4. The Hall–Kier alpha value is -1.79. The van der Waals surface area contributed by atoms with Crippen molar-refractivity contribution in [3.63, 3.8) is 0 Å². The first-order valence-corrected chi connectivity index (χ1v) is 6.65. The van der Waals surface area contributed by atoms with Crippen molar-refractivity contribution in [3.05, 3.63) is 34.9 Å². The number of aliphatic hydroxyl groups is 1. The molecule has 1 aromatic carbocycles. The molecule has 1 heterocycles. The summed E-state index contributed by atoms with van der Waals surface area (Å²) in [5.74, 6) is 5.53. The summed E-state index contributed by atoms with van der Waals surface area (Å²) in [5.41, 5.74) is 2.39. The van der Waals surface area contributed by atoms with Crippen LogP contribution in [0, 0.1) is 18.8 Å². The highest BCUT2D eigenvalue weighted by Crippen LogP contribution is 2.21. The second kappa shape index (κ2) is 5.90. The monoisotopic (exact) mass is 257 g/mol. The van der Waals surface area contributed by atoms with Gasteiger partial charge in [0.2, 0.25) is 0 Å². The third-order valence-corrected chi connectivity index (χ3v) is 3.52. The van der Waals surface area contributed by atoms with Gasteiger partial charge in [-0.1, -0.05) is 23.5 Å². The maximum Gasteiger partial charge on any atom is 0.255 e. The van der Waals surface area contributed by atoms with Crippen LogP contribution in [-0.4, -0.2) is 35.1 Å². The van der Waals surface area contributed by atoms with E-state index in [0.717, 1.165) is 24.9 Å². The summed E-state index contributed by atoms with van der Waals surface area (Å²) in [5, 5.41) is 8.80. The molecule has 0 aliphatic carbocycles. The van der Waals surface area contributed by atoms with Crippen LogP contribution in [0.2, 0.25) is 0 Å². The number of benzene rings is 1. The van der Waals surface area contributed by atoms with E-state index < -0.39 is 0 Å². The average Bonchev–Trinajstić information content (AvgIpc) is 2.82. The molecule has 1 saturated heterocycles. The van der Waals surface area contributed by atoms with Crippen molar-refractivity contribution in [1.29, 1.82) is 0 Å². The quantitative estimate of drug-likeness (QED) is 0.781. The maximum atomic E-state index is 12.6. The Morgan fingerprint density at radius 3 is 2.95 bits per heavy atom. The number of rotatable bonds is 1. The molecule has 1 unspecified atom stereocenters. The van der Waals surface area contributed by atoms with E-state index >= 15 is 0 Å². The molecular weight excluding hydrogens is 238 g/mol. The molecule has 1 fully saturated rings. The first-order chi connectivity index (χ1) is 9.13. The third kappa shape index (κ3) is 2.97. The van der Waals surface area contributed by atoms with Crippen molar-refractivity contribution in [3.8, 4) is 11.8 Å². The van der Waals surface area contributed by atoms with Gasteiger partial charge in [-0.25, -0.2) is 0 Å². The highest BCUT2D eigenvalue weighted by Gasteiger charge is 2.27. The second-order valence-corrected chi connectivity index (χ2v) is 5.00. The van der Waals surface area contributed by atoms with Crippen LogP contribution in [0.3, 0.4) is 0 Å². The summed E-state index contributed by atoms with van der Waals surface area (Å²) >= 11 is 0. The van der Waals surface area contributed by atoms with Crippen molar-refractivity contribution < 1.29 is 9.90 Å². The minimum atomic E-state index is -0.193. The van der Waals surface area contributed by atoms with Gasteiger partial charge in [0.1, 0.15) is 6.61 Å². The van der Waals surface area contributed by atoms with E-state index in [1.54, 1.807) is 0 Å². The minimum absolute atomic E-state index is 0.0518. The summed E-state index contributed by atoms with van der Waals surface area (Å²) < 4.78 is 0. The van der Waals surface area contributed by atoms with E-state index in [4.69, 9.17) is 5.11 Å². The van der Waals surface area contributed by atoms with Crippen molar-refractivity contribution in [2.75, 3.05) is 13.2 Å². The van der Waals surface area contributed by atoms with Gasteiger partial charge in [-0.15, -0.1) is 0 Å². The summed E-state index contributed by atoms with van der Waals surface area (Å²) in [4.78, 5) is 14.5. The number of carbonyl (C=O) groups is 1. The summed E-state index contributed by atoms with van der Waals surface area (Å²) in [6.07, 6.45) is 2.13. The lowest BCUT2D eigenvalue weighted by atomic mass is 10.0. The molecule has 1 aliphatic heterocycles. The fraction of sp³-hybridized carbons (Fsp3) is 0.438. The Morgan fingerprint density at radius 2 is 2.32 bits per heavy atom. The number of aliphatic hydroxyl groups excluding tert-OH is 1. The van der Waals surface area contributed by atoms with Crippen LogP contribution in [0.25, 0.3) is 0 Å². The van der Waals surface area contributed by atoms with E-state index in [0.29, 0.717) is 17.2 Å². The molecule has 2 rings (SSSR count). The number of amides is 1. The van der Waals surface area contributed by atoms with Gasteiger partial charge in [0.25, 0.3) is 5.91 Å². The zero-order chi connectivity index (χ0) is 13.8. The van der Waals surface area contributed by atoms with Gasteiger partial charge in [-0.05, 0) is 38.8 Å². The summed E-state index contributed by atoms with van der Waals surface area (Å²) in [7, 11) is 0. The Bertz CT molecular complexity index is 539. The van der Waals surface area contributed by atoms with Crippen LogP contribution in [0.15, 0.2) is 18.2 Å². The largest absolute Gasteiger partial charge is 0.384 e. The van der Waals surface area contributed by atoms with Crippen LogP contribution < -0.4 is 0 Å². The van der Waals surface area contributed by atoms with Crippen LogP contribution in [-0.2, 0) is 0 Å². The molecule has 1 aliphatic rings. The molecule has 0 spiro atoms. The number of hydrogen-bond acceptors (Lipinski definition) is 2. The van der Waals surface area contributed by atoms with Crippen LogP contribution in [0.1, 0.15) is 41.3 Å². The summed E-state index contributed by atoms with van der Waals surface area (Å²) in [6.45, 7) is 4.68. The Balaban J connectivity index is 2.36. The minimum Gasteiger partial charge on any atom is -0.384 e. The van der Waals surface area contributed by atoms with E-state index in [2.05, 4.69) is 18.8 Å². The number of hydrogen-bond donors (Lipinski definition) is 1. The second-order valence-electron chi connectivity index (χ2n) is 5.00. The van der Waals surface area contributed by atoms with Crippen LogP contribution >= 0.6 is 0 Å². The van der Waals surface area contributed by atoms with E-state index in [9.17, 15) is 4.79 Å². The molecule has 0 saturated carbocycles. The molecule has 0 radical (unpaired) electrons. The average molecular weight is 257 g/mol. The van der Waals surface area contributed by atoms with Crippen LogP contribution in [0.5, 0.6) is 0 Å². The lowest BCUT2D eigenvalue weighted by Gasteiger charge is -2.22. The normalized spacial score (nSPS) is 18.1. The van der Waals surface area contributed by atoms with E-state index in [-0.39, 0.29) is 12.5 Å². The lowest BCUT2D eigenvalue weighted by molar-refractivity contribution is 0.0747. The van der Waals surface area contributed by atoms with Crippen molar-refractivity contribution in [1.82, 2.24) is 4.90 Å². The maximum absolute atomic E-state index is 12.6. The van der Waals surface area contributed by atoms with Crippen molar-refractivity contribution in [2.45, 2.75) is 32.7 Å². The Labute approximate surface area is 114 Å². The van der Waals surface area contributed by atoms with Gasteiger partial charge in [-0.2, -0.15) is 0 Å². The van der Waals surface area contributed by atoms with E-state index in [1.165, 1.54) is 0 Å². The molecule has 1 N–H and O–H groups in total. The molecule has 0 aromatic heterocycles. The number of nitrogens with zero attached hydrogens (tertiary/aromatic N) is 1. The van der Waals surface area contributed by atoms with Crippen molar-refractivity contribution in [2.24, 2.45) is 0 Å². The molecule has 3 heteroatoms.